The van der Waals surface area contributed by atoms with Crippen molar-refractivity contribution >= 4 is 22.6 Å². The minimum Gasteiger partial charge on any atom is -0.368 e. The van der Waals surface area contributed by atoms with E-state index in [-0.39, 0.29) is 5.91 Å². The molecule has 1 aromatic carbocycles. The molecule has 2 heterocycles. The standard InChI is InChI=1S/C13H16N4O/c1-10(18)16-4-6-17(7-5-16)11-2-3-12-13(8-11)15-9-14-12/h2-3,8-9H,4-7H2,1H3,(H,14,15). The Morgan fingerprint density at radius 3 is 2.78 bits per heavy atom. The molecule has 0 aliphatic carbocycles. The summed E-state index contributed by atoms with van der Waals surface area (Å²) in [5.74, 6) is 0.165. The average molecular weight is 244 g/mol. The van der Waals surface area contributed by atoms with Crippen LogP contribution in [-0.2, 0) is 4.79 Å². The normalized spacial score (nSPS) is 16.3. The van der Waals surface area contributed by atoms with Crippen LogP contribution in [-0.4, -0.2) is 47.0 Å². The van der Waals surface area contributed by atoms with Crippen LogP contribution in [0.25, 0.3) is 11.0 Å². The first-order valence-electron chi connectivity index (χ1n) is 6.17. The van der Waals surface area contributed by atoms with E-state index in [1.54, 1.807) is 13.3 Å². The molecule has 18 heavy (non-hydrogen) atoms. The molecule has 0 unspecified atom stereocenters. The molecule has 1 saturated heterocycles. The number of imidazole rings is 1. The summed E-state index contributed by atoms with van der Waals surface area (Å²) in [6.45, 7) is 5.01. The highest BCUT2D eigenvalue weighted by atomic mass is 16.2. The Bertz CT molecular complexity index is 569. The molecule has 0 spiro atoms. The summed E-state index contributed by atoms with van der Waals surface area (Å²) >= 11 is 0. The Labute approximate surface area is 105 Å². The smallest absolute Gasteiger partial charge is 0.219 e. The second kappa shape index (κ2) is 4.33. The quantitative estimate of drug-likeness (QED) is 0.821. The fraction of sp³-hybridized carbons (Fsp3) is 0.385. The molecule has 5 nitrogen and oxygen atoms in total. The summed E-state index contributed by atoms with van der Waals surface area (Å²) in [7, 11) is 0. The van der Waals surface area contributed by atoms with Gasteiger partial charge in [0.25, 0.3) is 0 Å². The van der Waals surface area contributed by atoms with E-state index in [1.165, 1.54) is 5.69 Å². The number of carbonyl (C=O) groups is 1. The molecule has 0 radical (unpaired) electrons. The Balaban J connectivity index is 1.77. The number of fused-ring (bicyclic) bond motifs is 1. The first kappa shape index (κ1) is 11.1. The van der Waals surface area contributed by atoms with Crippen molar-refractivity contribution in [2.45, 2.75) is 6.92 Å². The van der Waals surface area contributed by atoms with Crippen LogP contribution in [0, 0.1) is 0 Å². The lowest BCUT2D eigenvalue weighted by molar-refractivity contribution is -0.129. The maximum absolute atomic E-state index is 11.3. The average Bonchev–Trinajstić information content (AvgIpc) is 2.86. The number of nitrogens with one attached hydrogen (secondary N) is 1. The third-order valence-corrected chi connectivity index (χ3v) is 3.49. The Hall–Kier alpha value is -2.04. The lowest BCUT2D eigenvalue weighted by Crippen LogP contribution is -2.48. The molecule has 1 aromatic heterocycles. The van der Waals surface area contributed by atoms with Gasteiger partial charge in [0, 0.05) is 38.8 Å². The van der Waals surface area contributed by atoms with Gasteiger partial charge < -0.3 is 14.8 Å². The van der Waals surface area contributed by atoms with Gasteiger partial charge >= 0.3 is 0 Å². The van der Waals surface area contributed by atoms with Crippen molar-refractivity contribution in [3.63, 3.8) is 0 Å². The monoisotopic (exact) mass is 244 g/mol. The van der Waals surface area contributed by atoms with Crippen molar-refractivity contribution in [2.24, 2.45) is 0 Å². The van der Waals surface area contributed by atoms with Crippen molar-refractivity contribution < 1.29 is 4.79 Å². The van der Waals surface area contributed by atoms with Gasteiger partial charge in [0.2, 0.25) is 5.91 Å². The van der Waals surface area contributed by atoms with E-state index in [4.69, 9.17) is 0 Å². The first-order valence-corrected chi connectivity index (χ1v) is 6.17. The molecule has 5 heteroatoms. The molecule has 0 atom stereocenters. The molecule has 1 aliphatic rings. The fourth-order valence-corrected chi connectivity index (χ4v) is 2.40. The van der Waals surface area contributed by atoms with Crippen molar-refractivity contribution in [3.8, 4) is 0 Å². The first-order chi connectivity index (χ1) is 8.74. The summed E-state index contributed by atoms with van der Waals surface area (Å²) in [5, 5.41) is 0. The van der Waals surface area contributed by atoms with E-state index < -0.39 is 0 Å². The van der Waals surface area contributed by atoms with Gasteiger partial charge in [-0.3, -0.25) is 4.79 Å². The van der Waals surface area contributed by atoms with Crippen molar-refractivity contribution in [2.75, 3.05) is 31.1 Å². The maximum atomic E-state index is 11.3. The van der Waals surface area contributed by atoms with Gasteiger partial charge in [-0.1, -0.05) is 0 Å². The Morgan fingerprint density at radius 1 is 1.28 bits per heavy atom. The van der Waals surface area contributed by atoms with Crippen LogP contribution in [0.5, 0.6) is 0 Å². The number of rotatable bonds is 1. The summed E-state index contributed by atoms with van der Waals surface area (Å²) < 4.78 is 0. The van der Waals surface area contributed by atoms with Crippen molar-refractivity contribution in [1.82, 2.24) is 14.9 Å². The van der Waals surface area contributed by atoms with Gasteiger partial charge in [0.1, 0.15) is 0 Å². The lowest BCUT2D eigenvalue weighted by Gasteiger charge is -2.35. The van der Waals surface area contributed by atoms with Gasteiger partial charge in [-0.2, -0.15) is 0 Å². The number of nitrogens with zero attached hydrogens (tertiary/aromatic N) is 3. The molecule has 0 saturated carbocycles. The number of piperazine rings is 1. The van der Waals surface area contributed by atoms with Gasteiger partial charge in [-0.25, -0.2) is 4.98 Å². The summed E-state index contributed by atoms with van der Waals surface area (Å²) in [5.41, 5.74) is 3.23. The molecule has 1 fully saturated rings. The van der Waals surface area contributed by atoms with Crippen LogP contribution < -0.4 is 4.90 Å². The molecule has 94 valence electrons. The van der Waals surface area contributed by atoms with E-state index >= 15 is 0 Å². The van der Waals surface area contributed by atoms with Crippen molar-refractivity contribution in [1.29, 1.82) is 0 Å². The minimum atomic E-state index is 0.165. The maximum Gasteiger partial charge on any atom is 0.219 e. The predicted molar refractivity (Wildman–Crippen MR) is 70.6 cm³/mol. The Morgan fingerprint density at radius 2 is 2.06 bits per heavy atom. The van der Waals surface area contributed by atoms with Crippen LogP contribution in [0.1, 0.15) is 6.92 Å². The van der Waals surface area contributed by atoms with E-state index in [9.17, 15) is 4.79 Å². The third-order valence-electron chi connectivity index (χ3n) is 3.49. The zero-order valence-corrected chi connectivity index (χ0v) is 10.4. The number of H-pyrrole nitrogens is 1. The fourth-order valence-electron chi connectivity index (χ4n) is 2.40. The zero-order valence-electron chi connectivity index (χ0n) is 10.4. The molecular weight excluding hydrogens is 228 g/mol. The van der Waals surface area contributed by atoms with E-state index in [0.29, 0.717) is 0 Å². The van der Waals surface area contributed by atoms with Crippen LogP contribution >= 0.6 is 0 Å². The van der Waals surface area contributed by atoms with Gasteiger partial charge in [-0.15, -0.1) is 0 Å². The van der Waals surface area contributed by atoms with E-state index in [1.807, 2.05) is 11.0 Å². The molecular formula is C13H16N4O. The van der Waals surface area contributed by atoms with Crippen LogP contribution in [0.15, 0.2) is 24.5 Å². The number of benzene rings is 1. The summed E-state index contributed by atoms with van der Waals surface area (Å²) in [6, 6.07) is 6.23. The highest BCUT2D eigenvalue weighted by Gasteiger charge is 2.18. The third kappa shape index (κ3) is 1.92. The SMILES string of the molecule is CC(=O)N1CCN(c2ccc3nc[nH]c3c2)CC1. The molecule has 1 N–H and O–H groups in total. The van der Waals surface area contributed by atoms with Crippen LogP contribution in [0.2, 0.25) is 0 Å². The topological polar surface area (TPSA) is 52.2 Å². The number of hydrogen-bond acceptors (Lipinski definition) is 3. The molecule has 1 aliphatic heterocycles. The molecule has 1 amide bonds. The molecule has 0 bridgehead atoms. The number of aromatic amines is 1. The van der Waals surface area contributed by atoms with Gasteiger partial charge in [-0.05, 0) is 18.2 Å². The van der Waals surface area contributed by atoms with Gasteiger partial charge in [0.15, 0.2) is 0 Å². The van der Waals surface area contributed by atoms with Crippen molar-refractivity contribution in [3.05, 3.63) is 24.5 Å². The highest BCUT2D eigenvalue weighted by molar-refractivity contribution is 5.79. The number of carbonyl (C=O) groups excluding carboxylic acids is 1. The number of aromatic nitrogens is 2. The van der Waals surface area contributed by atoms with E-state index in [2.05, 4.69) is 27.0 Å². The number of amides is 1. The van der Waals surface area contributed by atoms with Gasteiger partial charge in [0.05, 0.1) is 17.4 Å². The predicted octanol–water partition coefficient (Wildman–Crippen LogP) is 1.23. The lowest BCUT2D eigenvalue weighted by atomic mass is 10.2. The summed E-state index contributed by atoms with van der Waals surface area (Å²) in [4.78, 5) is 22.8. The van der Waals surface area contributed by atoms with E-state index in [0.717, 1.165) is 37.2 Å². The summed E-state index contributed by atoms with van der Waals surface area (Å²) in [6.07, 6.45) is 1.71. The minimum absolute atomic E-state index is 0.165. The van der Waals surface area contributed by atoms with Crippen LogP contribution in [0.4, 0.5) is 5.69 Å². The largest absolute Gasteiger partial charge is 0.368 e. The number of anilines is 1. The van der Waals surface area contributed by atoms with Crippen LogP contribution in [0.3, 0.4) is 0 Å². The second-order valence-corrected chi connectivity index (χ2v) is 4.60. The zero-order chi connectivity index (χ0) is 12.5. The highest BCUT2D eigenvalue weighted by Crippen LogP contribution is 2.21. The molecule has 3 rings (SSSR count). The Kier molecular flexibility index (Phi) is 2.66. The molecule has 2 aromatic rings. The number of hydrogen-bond donors (Lipinski definition) is 1. The second-order valence-electron chi connectivity index (χ2n) is 4.60.